The molecule has 1 aromatic heterocycles. The summed E-state index contributed by atoms with van der Waals surface area (Å²) in [5, 5.41) is 0. The Labute approximate surface area is 88.9 Å². The fourth-order valence-electron chi connectivity index (χ4n) is 0.713. The lowest BCUT2D eigenvalue weighted by Crippen LogP contribution is -1.79. The van der Waals surface area contributed by atoms with Gasteiger partial charge in [-0.2, -0.15) is 0 Å². The topological polar surface area (TPSA) is 12.9 Å². The van der Waals surface area contributed by atoms with Crippen LogP contribution in [0.2, 0.25) is 0 Å². The highest BCUT2D eigenvalue weighted by atomic mass is 14.6. The van der Waals surface area contributed by atoms with Crippen molar-refractivity contribution in [3.63, 3.8) is 0 Å². The van der Waals surface area contributed by atoms with E-state index in [1.54, 1.807) is 6.20 Å². The van der Waals surface area contributed by atoms with Gasteiger partial charge in [-0.25, -0.2) is 0 Å². The Morgan fingerprint density at radius 2 is 1.86 bits per heavy atom. The summed E-state index contributed by atoms with van der Waals surface area (Å²) in [6.07, 6.45) is 6.68. The quantitative estimate of drug-likeness (QED) is 0.641. The largest absolute Gasteiger partial charge is 0.264 e. The SMILES string of the molecule is C=Cc1ccncc1C.CC.CCC. The number of pyridine rings is 1. The Kier molecular flexibility index (Phi) is 13.1. The third-order valence-corrected chi connectivity index (χ3v) is 1.28. The predicted molar refractivity (Wildman–Crippen MR) is 66.4 cm³/mol. The van der Waals surface area contributed by atoms with E-state index >= 15 is 0 Å². The van der Waals surface area contributed by atoms with E-state index in [2.05, 4.69) is 25.4 Å². The third-order valence-electron chi connectivity index (χ3n) is 1.28. The Morgan fingerprint density at radius 1 is 1.36 bits per heavy atom. The maximum atomic E-state index is 3.95. The van der Waals surface area contributed by atoms with Gasteiger partial charge in [-0.3, -0.25) is 4.98 Å². The summed E-state index contributed by atoms with van der Waals surface area (Å²) >= 11 is 0. The van der Waals surface area contributed by atoms with Gasteiger partial charge in [0, 0.05) is 12.4 Å². The second kappa shape index (κ2) is 11.9. The van der Waals surface area contributed by atoms with Gasteiger partial charge in [0.1, 0.15) is 0 Å². The van der Waals surface area contributed by atoms with Crippen molar-refractivity contribution in [2.75, 3.05) is 0 Å². The molecule has 0 aliphatic rings. The standard InChI is InChI=1S/C8H9N.C3H8.C2H6/c1-3-8-4-5-9-6-7(8)2;1-3-2;1-2/h3-6H,1H2,2H3;3H2,1-2H3;1-2H3. The second-order valence-corrected chi connectivity index (χ2v) is 2.64. The van der Waals surface area contributed by atoms with Gasteiger partial charge in [-0.1, -0.05) is 46.8 Å². The Morgan fingerprint density at radius 3 is 2.14 bits per heavy atom. The number of aryl methyl sites for hydroxylation is 1. The molecule has 0 radical (unpaired) electrons. The molecule has 0 aliphatic carbocycles. The van der Waals surface area contributed by atoms with E-state index in [9.17, 15) is 0 Å². The van der Waals surface area contributed by atoms with Gasteiger partial charge in [-0.05, 0) is 24.1 Å². The molecule has 0 aromatic carbocycles. The Balaban J connectivity index is 0. The van der Waals surface area contributed by atoms with Crippen molar-refractivity contribution in [2.24, 2.45) is 0 Å². The van der Waals surface area contributed by atoms with Crippen molar-refractivity contribution in [3.05, 3.63) is 36.2 Å². The molecule has 0 fully saturated rings. The van der Waals surface area contributed by atoms with E-state index in [0.29, 0.717) is 0 Å². The van der Waals surface area contributed by atoms with E-state index in [4.69, 9.17) is 0 Å². The van der Waals surface area contributed by atoms with Gasteiger partial charge < -0.3 is 0 Å². The average Bonchev–Trinajstić information content (AvgIpc) is 2.23. The van der Waals surface area contributed by atoms with Gasteiger partial charge in [-0.15, -0.1) is 0 Å². The van der Waals surface area contributed by atoms with Crippen molar-refractivity contribution in [1.29, 1.82) is 0 Å². The lowest BCUT2D eigenvalue weighted by molar-refractivity contribution is 1.09. The zero-order valence-corrected chi connectivity index (χ0v) is 10.2. The van der Waals surface area contributed by atoms with Crippen molar-refractivity contribution in [2.45, 2.75) is 41.0 Å². The van der Waals surface area contributed by atoms with Crippen LogP contribution in [0, 0.1) is 6.92 Å². The highest BCUT2D eigenvalue weighted by Crippen LogP contribution is 2.04. The minimum atomic E-state index is 1.16. The molecule has 0 N–H and O–H groups in total. The molecule has 14 heavy (non-hydrogen) atoms. The molecule has 0 saturated carbocycles. The van der Waals surface area contributed by atoms with Crippen LogP contribution in [0.15, 0.2) is 25.0 Å². The lowest BCUT2D eigenvalue weighted by atomic mass is 10.2. The summed E-state index contributed by atoms with van der Waals surface area (Å²) in [5.41, 5.74) is 2.33. The van der Waals surface area contributed by atoms with Gasteiger partial charge >= 0.3 is 0 Å². The van der Waals surface area contributed by atoms with Crippen LogP contribution in [0.3, 0.4) is 0 Å². The summed E-state index contributed by atoms with van der Waals surface area (Å²) in [7, 11) is 0. The molecule has 1 heterocycles. The number of rotatable bonds is 1. The summed E-state index contributed by atoms with van der Waals surface area (Å²) in [5.74, 6) is 0. The molecule has 1 nitrogen and oxygen atoms in total. The van der Waals surface area contributed by atoms with Crippen molar-refractivity contribution in [3.8, 4) is 0 Å². The molecule has 0 atom stereocenters. The maximum Gasteiger partial charge on any atom is 0.0303 e. The number of aromatic nitrogens is 1. The monoisotopic (exact) mass is 193 g/mol. The summed E-state index contributed by atoms with van der Waals surface area (Å²) in [6, 6.07) is 1.95. The lowest BCUT2D eigenvalue weighted by Gasteiger charge is -1.94. The van der Waals surface area contributed by atoms with Crippen molar-refractivity contribution in [1.82, 2.24) is 4.98 Å². The van der Waals surface area contributed by atoms with E-state index in [1.165, 1.54) is 12.0 Å². The number of hydrogen-bond acceptors (Lipinski definition) is 1. The van der Waals surface area contributed by atoms with Crippen LogP contribution >= 0.6 is 0 Å². The van der Waals surface area contributed by atoms with E-state index < -0.39 is 0 Å². The first-order valence-electron chi connectivity index (χ1n) is 5.29. The fraction of sp³-hybridized carbons (Fsp3) is 0.462. The molecular weight excluding hydrogens is 170 g/mol. The zero-order valence-electron chi connectivity index (χ0n) is 10.2. The average molecular weight is 193 g/mol. The molecule has 1 rings (SSSR count). The van der Waals surface area contributed by atoms with E-state index in [1.807, 2.05) is 39.1 Å². The minimum absolute atomic E-state index is 1.16. The maximum absolute atomic E-state index is 3.95. The van der Waals surface area contributed by atoms with Crippen LogP contribution < -0.4 is 0 Å². The predicted octanol–water partition coefficient (Wildman–Crippen LogP) is 4.48. The van der Waals surface area contributed by atoms with Gasteiger partial charge in [0.2, 0.25) is 0 Å². The molecule has 1 aromatic rings. The second-order valence-electron chi connectivity index (χ2n) is 2.64. The van der Waals surface area contributed by atoms with Crippen LogP contribution in [0.25, 0.3) is 6.08 Å². The Bertz CT molecular complexity index is 228. The molecule has 0 aliphatic heterocycles. The van der Waals surface area contributed by atoms with Crippen LogP contribution in [-0.2, 0) is 0 Å². The van der Waals surface area contributed by atoms with E-state index in [0.717, 1.165) is 5.56 Å². The third kappa shape index (κ3) is 7.53. The van der Waals surface area contributed by atoms with Crippen LogP contribution in [-0.4, -0.2) is 4.98 Å². The van der Waals surface area contributed by atoms with Crippen molar-refractivity contribution >= 4 is 6.08 Å². The normalized spacial score (nSPS) is 7.50. The molecule has 0 saturated heterocycles. The summed E-state index contributed by atoms with van der Waals surface area (Å²) in [4.78, 5) is 3.95. The number of hydrogen-bond donors (Lipinski definition) is 0. The molecule has 0 amide bonds. The first kappa shape index (κ1) is 15.4. The van der Waals surface area contributed by atoms with Gasteiger partial charge in [0.25, 0.3) is 0 Å². The Hall–Kier alpha value is -1.11. The first-order chi connectivity index (χ1) is 6.76. The molecular formula is C13H23N. The summed E-state index contributed by atoms with van der Waals surface area (Å²) in [6.45, 7) is 13.9. The highest BCUT2D eigenvalue weighted by molar-refractivity contribution is 5.49. The minimum Gasteiger partial charge on any atom is -0.264 e. The first-order valence-corrected chi connectivity index (χ1v) is 5.29. The highest BCUT2D eigenvalue weighted by Gasteiger charge is 1.87. The van der Waals surface area contributed by atoms with Crippen LogP contribution in [0.1, 0.15) is 45.2 Å². The number of nitrogens with zero attached hydrogens (tertiary/aromatic N) is 1. The fourth-order valence-corrected chi connectivity index (χ4v) is 0.713. The molecule has 0 bridgehead atoms. The van der Waals surface area contributed by atoms with Crippen LogP contribution in [0.4, 0.5) is 0 Å². The zero-order chi connectivity index (χ0) is 11.4. The molecule has 0 unspecified atom stereocenters. The smallest absolute Gasteiger partial charge is 0.0303 e. The van der Waals surface area contributed by atoms with E-state index in [-0.39, 0.29) is 0 Å². The molecule has 1 heteroatoms. The van der Waals surface area contributed by atoms with Crippen molar-refractivity contribution < 1.29 is 0 Å². The van der Waals surface area contributed by atoms with Gasteiger partial charge in [0.05, 0.1) is 0 Å². The molecule has 80 valence electrons. The summed E-state index contributed by atoms with van der Waals surface area (Å²) < 4.78 is 0. The molecule has 0 spiro atoms. The van der Waals surface area contributed by atoms with Gasteiger partial charge in [0.15, 0.2) is 0 Å². The van der Waals surface area contributed by atoms with Crippen LogP contribution in [0.5, 0.6) is 0 Å².